The predicted octanol–water partition coefficient (Wildman–Crippen LogP) is 1.30. The smallest absolute Gasteiger partial charge is 0.229 e. The van der Waals surface area contributed by atoms with E-state index >= 15 is 0 Å². The quantitative estimate of drug-likeness (QED) is 0.631. The summed E-state index contributed by atoms with van der Waals surface area (Å²) in [4.78, 5) is 20.6. The normalized spacial score (nSPS) is 19.1. The van der Waals surface area contributed by atoms with Gasteiger partial charge < -0.3 is 20.4 Å². The van der Waals surface area contributed by atoms with Crippen LogP contribution in [0, 0.1) is 0 Å². The Morgan fingerprint density at radius 3 is 2.58 bits per heavy atom. The van der Waals surface area contributed by atoms with Crippen molar-refractivity contribution in [2.75, 3.05) is 39.1 Å². The first-order valence-electron chi connectivity index (χ1n) is 8.33. The zero-order valence-electron chi connectivity index (χ0n) is 15.3. The first-order valence-corrected chi connectivity index (χ1v) is 8.33. The van der Waals surface area contributed by atoms with Gasteiger partial charge in [-0.05, 0) is 40.1 Å². The summed E-state index contributed by atoms with van der Waals surface area (Å²) in [6, 6.07) is 9.85. The molecule has 0 bridgehead atoms. The monoisotopic (exact) mass is 331 g/mol. The van der Waals surface area contributed by atoms with E-state index in [0.29, 0.717) is 13.0 Å². The van der Waals surface area contributed by atoms with Gasteiger partial charge in [-0.15, -0.1) is 0 Å². The number of carbonyl (C=O) groups excluding carboxylic acids is 1. The highest BCUT2D eigenvalue weighted by atomic mass is 16.2. The summed E-state index contributed by atoms with van der Waals surface area (Å²) in [7, 11) is 5.88. The number of nitrogens with one attached hydrogen (secondary N) is 2. The number of nitrogens with zero attached hydrogens (tertiary/aromatic N) is 3. The molecule has 0 radical (unpaired) electrons. The Balaban J connectivity index is 1.92. The molecule has 2 N–H and O–H groups in total. The van der Waals surface area contributed by atoms with Gasteiger partial charge in [-0.3, -0.25) is 9.79 Å². The van der Waals surface area contributed by atoms with Crippen molar-refractivity contribution >= 4 is 17.6 Å². The summed E-state index contributed by atoms with van der Waals surface area (Å²) < 4.78 is 0. The molecule has 0 spiro atoms. The van der Waals surface area contributed by atoms with Crippen molar-refractivity contribution in [2.24, 2.45) is 4.99 Å². The van der Waals surface area contributed by atoms with E-state index in [1.807, 2.05) is 35.2 Å². The van der Waals surface area contributed by atoms with Crippen LogP contribution in [0.25, 0.3) is 0 Å². The largest absolute Gasteiger partial charge is 0.355 e. The molecule has 1 unspecified atom stereocenters. The average Bonchev–Trinajstić information content (AvgIpc) is 2.92. The third kappa shape index (κ3) is 4.47. The van der Waals surface area contributed by atoms with Gasteiger partial charge in [0, 0.05) is 37.8 Å². The van der Waals surface area contributed by atoms with E-state index in [0.717, 1.165) is 18.2 Å². The van der Waals surface area contributed by atoms with Gasteiger partial charge in [-0.2, -0.15) is 0 Å². The van der Waals surface area contributed by atoms with Crippen LogP contribution in [0.5, 0.6) is 0 Å². The van der Waals surface area contributed by atoms with Gasteiger partial charge >= 0.3 is 0 Å². The van der Waals surface area contributed by atoms with E-state index in [1.54, 1.807) is 7.05 Å². The summed E-state index contributed by atoms with van der Waals surface area (Å²) in [5.41, 5.74) is 0.961. The zero-order chi connectivity index (χ0) is 17.7. The molecule has 132 valence electrons. The molecule has 1 amide bonds. The fourth-order valence-electron chi connectivity index (χ4n) is 2.51. The van der Waals surface area contributed by atoms with Crippen LogP contribution in [-0.4, -0.2) is 62.6 Å². The molecule has 1 atom stereocenters. The Hall–Kier alpha value is -2.08. The number of amides is 1. The number of guanidine groups is 1. The van der Waals surface area contributed by atoms with Crippen LogP contribution in [0.4, 0.5) is 5.69 Å². The fourth-order valence-corrected chi connectivity index (χ4v) is 2.51. The molecule has 1 saturated heterocycles. The minimum absolute atomic E-state index is 0.0131. The second kappa shape index (κ2) is 7.66. The minimum atomic E-state index is 0.0131. The van der Waals surface area contributed by atoms with Gasteiger partial charge in [0.15, 0.2) is 5.96 Å². The molecule has 1 aliphatic heterocycles. The van der Waals surface area contributed by atoms with Gasteiger partial charge in [0.1, 0.15) is 0 Å². The first-order chi connectivity index (χ1) is 11.3. The molecule has 1 aromatic rings. The van der Waals surface area contributed by atoms with Gasteiger partial charge in [0.25, 0.3) is 0 Å². The second-order valence-electron chi connectivity index (χ2n) is 7.02. The number of hydrogen-bond acceptors (Lipinski definition) is 3. The van der Waals surface area contributed by atoms with Crippen molar-refractivity contribution in [1.82, 2.24) is 15.5 Å². The number of hydrogen-bond donors (Lipinski definition) is 2. The summed E-state index contributed by atoms with van der Waals surface area (Å²) in [5.74, 6) is 0.875. The first kappa shape index (κ1) is 18.3. The highest BCUT2D eigenvalue weighted by Gasteiger charge is 2.31. The summed E-state index contributed by atoms with van der Waals surface area (Å²) in [5, 5.41) is 6.72. The SMILES string of the molecule is CN=C(NCC(C)(C)N(C)C)NC1CC(=O)N(c2ccccc2)C1. The third-order valence-corrected chi connectivity index (χ3v) is 4.66. The van der Waals surface area contributed by atoms with Crippen LogP contribution in [0.1, 0.15) is 20.3 Å². The van der Waals surface area contributed by atoms with Crippen molar-refractivity contribution in [2.45, 2.75) is 31.8 Å². The minimum Gasteiger partial charge on any atom is -0.355 e. The van der Waals surface area contributed by atoms with E-state index in [4.69, 9.17) is 0 Å². The maximum absolute atomic E-state index is 12.3. The summed E-state index contributed by atoms with van der Waals surface area (Å²) >= 11 is 0. The van der Waals surface area contributed by atoms with Crippen LogP contribution in [-0.2, 0) is 4.79 Å². The average molecular weight is 331 g/mol. The summed E-state index contributed by atoms with van der Waals surface area (Å²) in [6.45, 7) is 5.76. The number of rotatable bonds is 5. The van der Waals surface area contributed by atoms with E-state index < -0.39 is 0 Å². The molecule has 1 fully saturated rings. The number of anilines is 1. The number of aliphatic imine (C=N–C) groups is 1. The zero-order valence-corrected chi connectivity index (χ0v) is 15.3. The predicted molar refractivity (Wildman–Crippen MR) is 99.5 cm³/mol. The Morgan fingerprint density at radius 2 is 2.00 bits per heavy atom. The molecule has 6 heteroatoms. The van der Waals surface area contributed by atoms with Crippen LogP contribution < -0.4 is 15.5 Å². The number of benzene rings is 1. The lowest BCUT2D eigenvalue weighted by Gasteiger charge is -2.33. The molecule has 1 aromatic carbocycles. The molecular formula is C18H29N5O. The van der Waals surface area contributed by atoms with Gasteiger partial charge in [-0.25, -0.2) is 0 Å². The van der Waals surface area contributed by atoms with Gasteiger partial charge in [0.2, 0.25) is 5.91 Å². The highest BCUT2D eigenvalue weighted by molar-refractivity contribution is 5.97. The Labute approximate surface area is 144 Å². The molecule has 1 aliphatic rings. The molecule has 0 aromatic heterocycles. The molecule has 1 heterocycles. The van der Waals surface area contributed by atoms with Crippen LogP contribution >= 0.6 is 0 Å². The Kier molecular flexibility index (Phi) is 5.83. The molecule has 24 heavy (non-hydrogen) atoms. The maximum atomic E-state index is 12.3. The van der Waals surface area contributed by atoms with E-state index in [9.17, 15) is 4.79 Å². The second-order valence-corrected chi connectivity index (χ2v) is 7.02. The van der Waals surface area contributed by atoms with Crippen LogP contribution in [0.2, 0.25) is 0 Å². The lowest BCUT2D eigenvalue weighted by atomic mass is 10.0. The maximum Gasteiger partial charge on any atom is 0.229 e. The number of likely N-dealkylation sites (N-methyl/N-ethyl adjacent to an activating group) is 1. The Morgan fingerprint density at radius 1 is 1.33 bits per heavy atom. The fraction of sp³-hybridized carbons (Fsp3) is 0.556. The Bertz CT molecular complexity index is 582. The molecule has 0 saturated carbocycles. The topological polar surface area (TPSA) is 60.0 Å². The summed E-state index contributed by atoms with van der Waals surface area (Å²) in [6.07, 6.45) is 0.479. The lowest BCUT2D eigenvalue weighted by Crippen LogP contribution is -2.52. The van der Waals surface area contributed by atoms with Crippen molar-refractivity contribution < 1.29 is 4.79 Å². The van der Waals surface area contributed by atoms with Gasteiger partial charge in [-0.1, -0.05) is 18.2 Å². The lowest BCUT2D eigenvalue weighted by molar-refractivity contribution is -0.117. The van der Waals surface area contributed by atoms with E-state index in [-0.39, 0.29) is 17.5 Å². The van der Waals surface area contributed by atoms with Crippen molar-refractivity contribution in [3.8, 4) is 0 Å². The molecule has 2 rings (SSSR count). The molecular weight excluding hydrogens is 302 g/mol. The van der Waals surface area contributed by atoms with Crippen LogP contribution in [0.15, 0.2) is 35.3 Å². The molecule has 0 aliphatic carbocycles. The van der Waals surface area contributed by atoms with E-state index in [1.165, 1.54) is 0 Å². The van der Waals surface area contributed by atoms with Crippen molar-refractivity contribution in [3.63, 3.8) is 0 Å². The number of carbonyl (C=O) groups is 1. The van der Waals surface area contributed by atoms with E-state index in [2.05, 4.69) is 48.5 Å². The van der Waals surface area contributed by atoms with Gasteiger partial charge in [0.05, 0.1) is 6.04 Å². The molecule has 6 nitrogen and oxygen atoms in total. The number of para-hydroxylation sites is 1. The van der Waals surface area contributed by atoms with Crippen molar-refractivity contribution in [3.05, 3.63) is 30.3 Å². The standard InChI is InChI=1S/C18H29N5O/c1-18(2,22(4)5)13-20-17(19-3)21-14-11-16(24)23(12-14)15-9-7-6-8-10-15/h6-10,14H,11-13H2,1-5H3,(H2,19,20,21). The highest BCUT2D eigenvalue weighted by Crippen LogP contribution is 2.20. The third-order valence-electron chi connectivity index (χ3n) is 4.66. The van der Waals surface area contributed by atoms with Crippen molar-refractivity contribution in [1.29, 1.82) is 0 Å². The van der Waals surface area contributed by atoms with Crippen LogP contribution in [0.3, 0.4) is 0 Å².